The zero-order valence-electron chi connectivity index (χ0n) is 10.7. The summed E-state index contributed by atoms with van der Waals surface area (Å²) in [5, 5.41) is 10.4. The lowest BCUT2D eigenvalue weighted by Gasteiger charge is -2.27. The third kappa shape index (κ3) is 2.47. The van der Waals surface area contributed by atoms with Gasteiger partial charge < -0.3 is 4.74 Å². The molecule has 0 bridgehead atoms. The van der Waals surface area contributed by atoms with Crippen LogP contribution in [0.25, 0.3) is 0 Å². The molecule has 1 aromatic rings. The fourth-order valence-corrected chi connectivity index (χ4v) is 3.00. The summed E-state index contributed by atoms with van der Waals surface area (Å²) in [6.07, 6.45) is 6.44. The summed E-state index contributed by atoms with van der Waals surface area (Å²) in [7, 11) is 1.65. The van der Waals surface area contributed by atoms with E-state index in [2.05, 4.69) is 6.07 Å². The van der Waals surface area contributed by atoms with Crippen LogP contribution in [0.4, 0.5) is 0 Å². The van der Waals surface area contributed by atoms with Gasteiger partial charge in [-0.1, -0.05) is 37.3 Å². The van der Waals surface area contributed by atoms with Gasteiger partial charge >= 0.3 is 0 Å². The Kier molecular flexibility index (Phi) is 4.14. The lowest BCUT2D eigenvalue weighted by molar-refractivity contribution is 0.386. The molecule has 3 heteroatoms. The van der Waals surface area contributed by atoms with Crippen LogP contribution >= 0.6 is 11.6 Å². The smallest absolute Gasteiger partial charge is 0.123 e. The van der Waals surface area contributed by atoms with Gasteiger partial charge in [0.25, 0.3) is 0 Å². The molecule has 1 saturated carbocycles. The van der Waals surface area contributed by atoms with Crippen molar-refractivity contribution in [2.75, 3.05) is 7.11 Å². The SMILES string of the molecule is COc1ccc(Cl)cc1C1(C#N)CCCCCC1. The maximum atomic E-state index is 9.68. The van der Waals surface area contributed by atoms with Gasteiger partial charge in [0, 0.05) is 10.6 Å². The van der Waals surface area contributed by atoms with Crippen LogP contribution in [0.5, 0.6) is 5.75 Å². The summed E-state index contributed by atoms with van der Waals surface area (Å²) < 4.78 is 5.41. The first kappa shape index (κ1) is 13.2. The molecular formula is C15H18ClNO. The third-order valence-electron chi connectivity index (χ3n) is 3.85. The highest BCUT2D eigenvalue weighted by Crippen LogP contribution is 2.42. The molecule has 0 aromatic heterocycles. The van der Waals surface area contributed by atoms with E-state index in [1.807, 2.05) is 18.2 Å². The maximum absolute atomic E-state index is 9.68. The maximum Gasteiger partial charge on any atom is 0.123 e. The van der Waals surface area contributed by atoms with Gasteiger partial charge in [-0.25, -0.2) is 0 Å². The molecule has 0 unspecified atom stereocenters. The average Bonchev–Trinajstić information content (AvgIpc) is 2.65. The molecule has 0 spiro atoms. The van der Waals surface area contributed by atoms with E-state index in [1.54, 1.807) is 7.11 Å². The molecule has 0 saturated heterocycles. The predicted octanol–water partition coefficient (Wildman–Crippen LogP) is 4.46. The van der Waals surface area contributed by atoms with Crippen molar-refractivity contribution < 1.29 is 4.74 Å². The highest BCUT2D eigenvalue weighted by Gasteiger charge is 2.35. The molecule has 2 rings (SSSR count). The van der Waals surface area contributed by atoms with E-state index < -0.39 is 5.41 Å². The van der Waals surface area contributed by atoms with Crippen molar-refractivity contribution in [3.05, 3.63) is 28.8 Å². The van der Waals surface area contributed by atoms with Crippen molar-refractivity contribution in [3.63, 3.8) is 0 Å². The summed E-state index contributed by atoms with van der Waals surface area (Å²) in [6, 6.07) is 8.11. The van der Waals surface area contributed by atoms with Crippen LogP contribution in [0.15, 0.2) is 18.2 Å². The first-order valence-corrected chi connectivity index (χ1v) is 6.85. The van der Waals surface area contributed by atoms with E-state index >= 15 is 0 Å². The standard InChI is InChI=1S/C15H18ClNO/c1-18-14-7-6-12(16)10-13(14)15(11-17)8-4-2-3-5-9-15/h6-7,10H,2-5,8-9H2,1H3. The molecule has 18 heavy (non-hydrogen) atoms. The Labute approximate surface area is 114 Å². The molecule has 0 N–H and O–H groups in total. The molecule has 0 radical (unpaired) electrons. The summed E-state index contributed by atoms with van der Waals surface area (Å²) >= 11 is 6.09. The molecular weight excluding hydrogens is 246 g/mol. The molecule has 1 aromatic carbocycles. The number of hydrogen-bond donors (Lipinski definition) is 0. The Bertz CT molecular complexity index is 456. The predicted molar refractivity (Wildman–Crippen MR) is 73.0 cm³/mol. The van der Waals surface area contributed by atoms with E-state index in [0.717, 1.165) is 37.0 Å². The van der Waals surface area contributed by atoms with Crippen molar-refractivity contribution in [2.45, 2.75) is 43.9 Å². The second-order valence-electron chi connectivity index (χ2n) is 4.95. The average molecular weight is 264 g/mol. The van der Waals surface area contributed by atoms with E-state index in [-0.39, 0.29) is 0 Å². The second-order valence-corrected chi connectivity index (χ2v) is 5.39. The van der Waals surface area contributed by atoms with Gasteiger partial charge in [-0.3, -0.25) is 0 Å². The summed E-state index contributed by atoms with van der Waals surface area (Å²) in [5.41, 5.74) is 0.536. The molecule has 0 aliphatic heterocycles. The summed E-state index contributed by atoms with van der Waals surface area (Å²) in [5.74, 6) is 0.780. The minimum absolute atomic E-state index is 0.424. The van der Waals surface area contributed by atoms with Gasteiger partial charge in [-0.2, -0.15) is 5.26 Å². The molecule has 96 valence electrons. The van der Waals surface area contributed by atoms with Gasteiger partial charge in [0.05, 0.1) is 18.6 Å². The number of rotatable bonds is 2. The van der Waals surface area contributed by atoms with Crippen LogP contribution in [0, 0.1) is 11.3 Å². The van der Waals surface area contributed by atoms with Crippen LogP contribution in [0.1, 0.15) is 44.1 Å². The first-order chi connectivity index (χ1) is 8.72. The molecule has 1 aliphatic carbocycles. The molecule has 1 fully saturated rings. The Morgan fingerprint density at radius 2 is 1.89 bits per heavy atom. The summed E-state index contributed by atoms with van der Waals surface area (Å²) in [4.78, 5) is 0. The van der Waals surface area contributed by atoms with Gasteiger partial charge in [-0.15, -0.1) is 0 Å². The lowest BCUT2D eigenvalue weighted by atomic mass is 9.75. The highest BCUT2D eigenvalue weighted by molar-refractivity contribution is 6.30. The number of nitriles is 1. The van der Waals surface area contributed by atoms with E-state index in [4.69, 9.17) is 16.3 Å². The number of nitrogens with zero attached hydrogens (tertiary/aromatic N) is 1. The van der Waals surface area contributed by atoms with E-state index in [1.165, 1.54) is 12.8 Å². The minimum atomic E-state index is -0.424. The second kappa shape index (κ2) is 5.63. The number of methoxy groups -OCH3 is 1. The largest absolute Gasteiger partial charge is 0.496 e. The number of halogens is 1. The van der Waals surface area contributed by atoms with Crippen LogP contribution < -0.4 is 4.74 Å². The van der Waals surface area contributed by atoms with Gasteiger partial charge in [-0.05, 0) is 31.0 Å². The Morgan fingerprint density at radius 1 is 1.22 bits per heavy atom. The van der Waals surface area contributed by atoms with Crippen LogP contribution in [-0.4, -0.2) is 7.11 Å². The molecule has 0 amide bonds. The number of hydrogen-bond acceptors (Lipinski definition) is 2. The normalized spacial score (nSPS) is 18.7. The van der Waals surface area contributed by atoms with Crippen molar-refractivity contribution in [3.8, 4) is 11.8 Å². The van der Waals surface area contributed by atoms with Gasteiger partial charge in [0.1, 0.15) is 5.75 Å². The topological polar surface area (TPSA) is 33.0 Å². The van der Waals surface area contributed by atoms with Crippen molar-refractivity contribution in [1.82, 2.24) is 0 Å². The third-order valence-corrected chi connectivity index (χ3v) is 4.08. The molecule has 0 heterocycles. The van der Waals surface area contributed by atoms with Crippen LogP contribution in [0.3, 0.4) is 0 Å². The molecule has 1 aliphatic rings. The number of ether oxygens (including phenoxy) is 1. The Morgan fingerprint density at radius 3 is 2.44 bits per heavy atom. The fourth-order valence-electron chi connectivity index (χ4n) is 2.83. The minimum Gasteiger partial charge on any atom is -0.496 e. The van der Waals surface area contributed by atoms with Gasteiger partial charge in [0.2, 0.25) is 0 Å². The highest BCUT2D eigenvalue weighted by atomic mass is 35.5. The van der Waals surface area contributed by atoms with Crippen molar-refractivity contribution in [2.24, 2.45) is 0 Å². The number of benzene rings is 1. The van der Waals surface area contributed by atoms with Crippen LogP contribution in [-0.2, 0) is 5.41 Å². The zero-order chi connectivity index (χ0) is 13.0. The van der Waals surface area contributed by atoms with E-state index in [0.29, 0.717) is 5.02 Å². The monoisotopic (exact) mass is 263 g/mol. The van der Waals surface area contributed by atoms with E-state index in [9.17, 15) is 5.26 Å². The molecule has 2 nitrogen and oxygen atoms in total. The van der Waals surface area contributed by atoms with Crippen molar-refractivity contribution >= 4 is 11.6 Å². The Balaban J connectivity index is 2.48. The fraction of sp³-hybridized carbons (Fsp3) is 0.533. The lowest BCUT2D eigenvalue weighted by Crippen LogP contribution is -2.24. The first-order valence-electron chi connectivity index (χ1n) is 6.47. The zero-order valence-corrected chi connectivity index (χ0v) is 11.5. The quantitative estimate of drug-likeness (QED) is 0.738. The molecule has 0 atom stereocenters. The van der Waals surface area contributed by atoms with Crippen LogP contribution in [0.2, 0.25) is 5.02 Å². The summed E-state index contributed by atoms with van der Waals surface area (Å²) in [6.45, 7) is 0. The Hall–Kier alpha value is -1.20. The van der Waals surface area contributed by atoms with Gasteiger partial charge in [0.15, 0.2) is 0 Å². The van der Waals surface area contributed by atoms with Crippen molar-refractivity contribution in [1.29, 1.82) is 5.26 Å².